The maximum atomic E-state index is 12.9. The molecule has 480 valence electrons. The van der Waals surface area contributed by atoms with Crippen LogP contribution in [0.5, 0.6) is 0 Å². The molecule has 0 aliphatic rings. The Bertz CT molecular complexity index is 5320. The Morgan fingerprint density at radius 2 is 0.827 bits per heavy atom. The molecule has 0 unspecified atom stereocenters. The van der Waals surface area contributed by atoms with Gasteiger partial charge in [0.2, 0.25) is 5.76 Å². The number of nitrogens with one attached hydrogen (secondary N) is 8. The summed E-state index contributed by atoms with van der Waals surface area (Å²) >= 11 is 0. The summed E-state index contributed by atoms with van der Waals surface area (Å²) in [5.41, 5.74) is 14.1. The molecule has 22 nitrogen and oxygen atoms in total. The Hall–Kier alpha value is -14.0. The van der Waals surface area contributed by atoms with E-state index in [0.29, 0.717) is 62.5 Å². The molecule has 0 bridgehead atoms. The van der Waals surface area contributed by atoms with Crippen molar-refractivity contribution in [2.75, 3.05) is 38.5 Å². The number of carbonyl (C=O) groups is 6. The molecule has 0 fully saturated rings. The van der Waals surface area contributed by atoms with E-state index in [-0.39, 0.29) is 41.2 Å². The van der Waals surface area contributed by atoms with Crippen LogP contribution in [0, 0.1) is 0 Å². The van der Waals surface area contributed by atoms with Crippen LogP contribution < -0.4 is 31.5 Å². The number of hydrogen-bond donors (Lipinski definition) is 8. The van der Waals surface area contributed by atoms with Crippen molar-refractivity contribution in [1.82, 2.24) is 39.5 Å². The zero-order valence-corrected chi connectivity index (χ0v) is 52.4. The van der Waals surface area contributed by atoms with Crippen molar-refractivity contribution in [3.05, 3.63) is 302 Å². The highest BCUT2D eigenvalue weighted by molar-refractivity contribution is 6.09. The maximum Gasteiger partial charge on any atom is 0.293 e. The van der Waals surface area contributed by atoms with E-state index in [4.69, 9.17) is 8.83 Å². The summed E-state index contributed by atoms with van der Waals surface area (Å²) in [4.78, 5) is 104. The van der Waals surface area contributed by atoms with Crippen LogP contribution in [0.1, 0.15) is 62.5 Å². The molecule has 0 atom stereocenters. The largest absolute Gasteiger partial charge is 0.472 e. The summed E-state index contributed by atoms with van der Waals surface area (Å²) in [6, 6.07) is 71.5. The summed E-state index contributed by atoms with van der Waals surface area (Å²) in [6.45, 7) is 0. The monoisotopic (exact) mass is 1290 g/mol. The topological polar surface area (TPSA) is 296 Å². The van der Waals surface area contributed by atoms with Gasteiger partial charge in [-0.15, -0.1) is 0 Å². The summed E-state index contributed by atoms with van der Waals surface area (Å²) in [7, 11) is 3.59. The summed E-state index contributed by atoms with van der Waals surface area (Å²) in [5.74, 6) is 0.908. The van der Waals surface area contributed by atoms with Crippen LogP contribution in [-0.2, 0) is 7.05 Å². The standard InChI is InChI=1S/C26H21N5O2.C26H20N4O3.C24H17N5O3/c1-31-15-5-8-23(31)26(33)28-20-12-9-17(10-13-20)24-29-21-14-11-18(16-22(21)30-24)25(32)27-19-6-3-2-4-7-19;1-30(21-5-3-2-4-6-21)26(32)18-9-12-22-23(15-18)29-24(28-22)17-7-10-20(11-8-17)27-25(31)19-13-14-33-16-19;30-23(26-17-4-2-1-3-5-17)16-8-11-19-20(12-16)29-22(28-19)15-6-9-18(10-7-15)27-24(31)21-13-25-14-32-21/h2-16H,1H3,(H,27,32)(H,28,33)(H,29,30);2-16H,1H3,(H,27,31)(H,28,29);1-14H,(H,26,30)(H,27,31)(H,28,29). The fourth-order valence-electron chi connectivity index (χ4n) is 10.4. The third kappa shape index (κ3) is 14.7. The van der Waals surface area contributed by atoms with Crippen LogP contribution in [0.2, 0.25) is 0 Å². The maximum absolute atomic E-state index is 12.9. The van der Waals surface area contributed by atoms with Crippen LogP contribution in [0.25, 0.3) is 67.3 Å². The van der Waals surface area contributed by atoms with Gasteiger partial charge in [-0.05, 0) is 182 Å². The van der Waals surface area contributed by atoms with Gasteiger partial charge in [0.05, 0.1) is 51.1 Å². The van der Waals surface area contributed by atoms with E-state index in [1.54, 1.807) is 77.2 Å². The lowest BCUT2D eigenvalue weighted by molar-refractivity contribution is 0.0987. The number of aromatic nitrogens is 8. The Labute approximate surface area is 558 Å². The third-order valence-electron chi connectivity index (χ3n) is 15.6. The predicted octanol–water partition coefficient (Wildman–Crippen LogP) is 15.1. The number of anilines is 6. The first kappa shape index (κ1) is 62.8. The lowest BCUT2D eigenvalue weighted by atomic mass is 10.1. The van der Waals surface area contributed by atoms with Crippen molar-refractivity contribution in [2.45, 2.75) is 0 Å². The van der Waals surface area contributed by atoms with Gasteiger partial charge in [0.25, 0.3) is 35.4 Å². The summed E-state index contributed by atoms with van der Waals surface area (Å²) < 4.78 is 11.7. The van der Waals surface area contributed by atoms with Crippen LogP contribution in [0.3, 0.4) is 0 Å². The number of oxazole rings is 1. The highest BCUT2D eigenvalue weighted by Crippen LogP contribution is 2.28. The SMILES string of the molecule is CN(C(=O)c1ccc2nc(-c3ccc(NC(=O)c4ccoc4)cc3)[nH]c2c1)c1ccccc1.Cn1cccc1C(=O)Nc1ccc(-c2nc3ccc(C(=O)Nc4ccccc4)cc3[nH]2)cc1.O=C(Nc1ccccc1)c1ccc2nc(-c3ccc(NC(=O)c4cnco4)cc3)[nH]c2c1. The Morgan fingerprint density at radius 1 is 0.418 bits per heavy atom. The molecule has 0 aliphatic heterocycles. The fraction of sp³-hybridized carbons (Fsp3) is 0.0263. The number of aromatic amines is 3. The van der Waals surface area contributed by atoms with Gasteiger partial charge < -0.3 is 59.8 Å². The Morgan fingerprint density at radius 3 is 1.24 bits per heavy atom. The first-order valence-electron chi connectivity index (χ1n) is 30.6. The molecule has 9 aromatic carbocycles. The van der Waals surface area contributed by atoms with Crippen molar-refractivity contribution in [2.24, 2.45) is 7.05 Å². The minimum absolute atomic E-state index is 0.100. The second-order valence-electron chi connectivity index (χ2n) is 22.3. The molecule has 6 heterocycles. The molecule has 0 saturated carbocycles. The van der Waals surface area contributed by atoms with E-state index in [2.05, 4.69) is 61.5 Å². The summed E-state index contributed by atoms with van der Waals surface area (Å²) in [6.07, 6.45) is 7.24. The van der Waals surface area contributed by atoms with Gasteiger partial charge in [-0.25, -0.2) is 19.9 Å². The Kier molecular flexibility index (Phi) is 18.2. The number of imidazole rings is 3. The average molecular weight is 1300 g/mol. The van der Waals surface area contributed by atoms with Crippen LogP contribution in [-0.4, -0.2) is 81.9 Å². The molecule has 6 aromatic heterocycles. The molecular formula is C76H58N14O8. The first-order valence-corrected chi connectivity index (χ1v) is 30.6. The number of aryl methyl sites for hydroxylation is 1. The van der Waals surface area contributed by atoms with Crippen molar-refractivity contribution in [1.29, 1.82) is 0 Å². The average Bonchev–Trinajstić information content (AvgIpc) is 1.66. The molecule has 98 heavy (non-hydrogen) atoms. The van der Waals surface area contributed by atoms with Gasteiger partial charge in [0, 0.05) is 87.8 Å². The number of hydrogen-bond acceptors (Lipinski definition) is 12. The number of benzene rings is 9. The molecule has 22 heteroatoms. The van der Waals surface area contributed by atoms with E-state index in [1.165, 1.54) is 25.1 Å². The van der Waals surface area contributed by atoms with Crippen molar-refractivity contribution in [3.63, 3.8) is 0 Å². The smallest absolute Gasteiger partial charge is 0.293 e. The number of nitrogens with zero attached hydrogens (tertiary/aromatic N) is 6. The zero-order chi connectivity index (χ0) is 67.5. The molecule has 0 saturated heterocycles. The normalized spacial score (nSPS) is 10.8. The minimum atomic E-state index is -0.375. The van der Waals surface area contributed by atoms with E-state index in [0.717, 1.165) is 66.9 Å². The zero-order valence-electron chi connectivity index (χ0n) is 52.4. The van der Waals surface area contributed by atoms with E-state index in [9.17, 15) is 28.8 Å². The molecule has 6 amide bonds. The second kappa shape index (κ2) is 28.5. The van der Waals surface area contributed by atoms with Crippen LogP contribution >= 0.6 is 0 Å². The number of amides is 6. The van der Waals surface area contributed by atoms with Crippen molar-refractivity contribution >= 4 is 103 Å². The van der Waals surface area contributed by atoms with Gasteiger partial charge in [0.1, 0.15) is 29.4 Å². The first-order chi connectivity index (χ1) is 47.8. The number of rotatable bonds is 15. The number of H-pyrrole nitrogens is 3. The van der Waals surface area contributed by atoms with Gasteiger partial charge in [-0.3, -0.25) is 28.8 Å². The minimum Gasteiger partial charge on any atom is -0.472 e. The van der Waals surface area contributed by atoms with E-state index >= 15 is 0 Å². The highest BCUT2D eigenvalue weighted by Gasteiger charge is 2.18. The van der Waals surface area contributed by atoms with E-state index in [1.807, 2.05) is 189 Å². The lowest BCUT2D eigenvalue weighted by Crippen LogP contribution is -2.26. The molecular weight excluding hydrogens is 1240 g/mol. The number of carbonyl (C=O) groups excluding carboxylic acids is 6. The van der Waals surface area contributed by atoms with Crippen molar-refractivity contribution < 1.29 is 37.6 Å². The van der Waals surface area contributed by atoms with Gasteiger partial charge in [-0.2, -0.15) is 0 Å². The highest BCUT2D eigenvalue weighted by atomic mass is 16.3. The number of para-hydroxylation sites is 3. The quantitative estimate of drug-likeness (QED) is 0.0475. The predicted molar refractivity (Wildman–Crippen MR) is 377 cm³/mol. The molecule has 15 aromatic rings. The van der Waals surface area contributed by atoms with Gasteiger partial charge >= 0.3 is 0 Å². The number of furan rings is 1. The van der Waals surface area contributed by atoms with Gasteiger partial charge in [-0.1, -0.05) is 54.6 Å². The third-order valence-corrected chi connectivity index (χ3v) is 15.6. The second-order valence-corrected chi connectivity index (χ2v) is 22.3. The molecule has 15 rings (SSSR count). The molecule has 0 aliphatic carbocycles. The summed E-state index contributed by atoms with van der Waals surface area (Å²) in [5, 5.41) is 14.2. The molecule has 0 spiro atoms. The molecule has 0 radical (unpaired) electrons. The van der Waals surface area contributed by atoms with Crippen LogP contribution in [0.4, 0.5) is 34.1 Å². The Balaban J connectivity index is 0.000000132. The molecule has 8 N–H and O–H groups in total. The lowest BCUT2D eigenvalue weighted by Gasteiger charge is -2.17. The van der Waals surface area contributed by atoms with Gasteiger partial charge in [0.15, 0.2) is 6.39 Å². The van der Waals surface area contributed by atoms with Crippen LogP contribution in [0.15, 0.2) is 277 Å². The number of fused-ring (bicyclic) bond motifs is 3. The van der Waals surface area contributed by atoms with Crippen molar-refractivity contribution in [3.8, 4) is 34.2 Å². The fourth-order valence-corrected chi connectivity index (χ4v) is 10.4. The van der Waals surface area contributed by atoms with E-state index < -0.39 is 0 Å².